The highest BCUT2D eigenvalue weighted by molar-refractivity contribution is 5.99. The molecule has 6 nitrogen and oxygen atoms in total. The van der Waals surface area contributed by atoms with Crippen LogP contribution < -0.4 is 10.2 Å². The Kier molecular flexibility index (Phi) is 6.50. The van der Waals surface area contributed by atoms with Gasteiger partial charge >= 0.3 is 0 Å². The predicted octanol–water partition coefficient (Wildman–Crippen LogP) is 5.88. The van der Waals surface area contributed by atoms with Crippen LogP contribution in [0.2, 0.25) is 0 Å². The third-order valence-corrected chi connectivity index (χ3v) is 7.97. The van der Waals surface area contributed by atoms with Crippen LogP contribution in [0.4, 0.5) is 0 Å². The highest BCUT2D eigenvalue weighted by Gasteiger charge is 2.44. The van der Waals surface area contributed by atoms with E-state index in [9.17, 15) is 9.59 Å². The van der Waals surface area contributed by atoms with E-state index in [1.165, 1.54) is 6.42 Å². The number of ether oxygens (including phenoxy) is 1. The molecule has 3 aromatic carbocycles. The van der Waals surface area contributed by atoms with Gasteiger partial charge in [0.15, 0.2) is 5.43 Å². The fourth-order valence-corrected chi connectivity index (χ4v) is 5.92. The number of benzene rings is 3. The van der Waals surface area contributed by atoms with Crippen molar-refractivity contribution in [2.75, 3.05) is 26.7 Å². The van der Waals surface area contributed by atoms with E-state index in [0.29, 0.717) is 23.1 Å². The van der Waals surface area contributed by atoms with Gasteiger partial charge in [0.2, 0.25) is 5.76 Å². The summed E-state index contributed by atoms with van der Waals surface area (Å²) in [7, 11) is 1.66. The number of aryl methyl sites for hydroxylation is 1. The Morgan fingerprint density at radius 1 is 0.921 bits per heavy atom. The van der Waals surface area contributed by atoms with Crippen LogP contribution in [0.1, 0.15) is 64.2 Å². The number of fused-ring (bicyclic) bond motifs is 2. The summed E-state index contributed by atoms with van der Waals surface area (Å²) in [5, 5.41) is 0.501. The molecule has 0 saturated carbocycles. The van der Waals surface area contributed by atoms with Gasteiger partial charge in [-0.15, -0.1) is 0 Å². The minimum Gasteiger partial charge on any atom is -0.497 e. The Balaban J connectivity index is 1.48. The van der Waals surface area contributed by atoms with Crippen molar-refractivity contribution in [3.8, 4) is 5.75 Å². The van der Waals surface area contributed by atoms with E-state index < -0.39 is 6.04 Å². The van der Waals surface area contributed by atoms with Crippen LogP contribution in [0.5, 0.6) is 5.75 Å². The Hall–Kier alpha value is -3.90. The van der Waals surface area contributed by atoms with Crippen molar-refractivity contribution >= 4 is 16.9 Å². The van der Waals surface area contributed by atoms with Crippen LogP contribution in [0.3, 0.4) is 0 Å². The molecule has 0 N–H and O–H groups in total. The molecule has 2 aliphatic rings. The van der Waals surface area contributed by atoms with Crippen LogP contribution in [0.15, 0.2) is 82.0 Å². The van der Waals surface area contributed by atoms with Crippen molar-refractivity contribution in [1.82, 2.24) is 9.80 Å². The van der Waals surface area contributed by atoms with Gasteiger partial charge in [0, 0.05) is 6.54 Å². The Bertz CT molecular complexity index is 1520. The molecular formula is C32H32N2O4. The lowest BCUT2D eigenvalue weighted by molar-refractivity contribution is 0.0618. The van der Waals surface area contributed by atoms with Crippen molar-refractivity contribution in [3.05, 3.63) is 111 Å². The number of para-hydroxylation sites is 1. The molecule has 2 atom stereocenters. The number of likely N-dealkylation sites (tertiary alicyclic amines) is 1. The molecule has 1 amide bonds. The van der Waals surface area contributed by atoms with E-state index >= 15 is 0 Å². The summed E-state index contributed by atoms with van der Waals surface area (Å²) in [4.78, 5) is 32.2. The summed E-state index contributed by atoms with van der Waals surface area (Å²) in [6, 6.07) is 22.9. The van der Waals surface area contributed by atoms with Crippen LogP contribution >= 0.6 is 0 Å². The molecule has 1 saturated heterocycles. The van der Waals surface area contributed by atoms with Crippen LogP contribution in [-0.4, -0.2) is 42.5 Å². The number of nitrogens with zero attached hydrogens (tertiary/aromatic N) is 2. The van der Waals surface area contributed by atoms with Gasteiger partial charge < -0.3 is 14.1 Å². The second kappa shape index (κ2) is 10.1. The first-order valence-electron chi connectivity index (χ1n) is 13.4. The maximum atomic E-state index is 14.0. The molecule has 0 radical (unpaired) electrons. The number of methoxy groups -OCH3 is 1. The molecule has 6 rings (SSSR count). The molecule has 0 aliphatic carbocycles. The lowest BCUT2D eigenvalue weighted by atomic mass is 9.96. The average molecular weight is 509 g/mol. The number of piperidine rings is 1. The standard InChI is InChI=1S/C32H32N2O4/c1-21-10-12-23(13-11-21)29-28-30(35)25-8-4-5-9-27(25)38-31(28)32(36)34(29)20-26(33-18-6-3-7-19-33)22-14-16-24(37-2)17-15-22/h4-5,8-17,26,29H,3,6-7,18-20H2,1-2H3/t26-,29+/m1/s1. The molecule has 0 spiro atoms. The second-order valence-electron chi connectivity index (χ2n) is 10.3. The van der Waals surface area contributed by atoms with Gasteiger partial charge in [-0.3, -0.25) is 14.5 Å². The first-order valence-corrected chi connectivity index (χ1v) is 13.4. The third kappa shape index (κ3) is 4.29. The molecule has 2 aliphatic heterocycles. The number of rotatable bonds is 6. The number of hydrogen-bond acceptors (Lipinski definition) is 5. The quantitative estimate of drug-likeness (QED) is 0.325. The Morgan fingerprint density at radius 3 is 2.34 bits per heavy atom. The van der Waals surface area contributed by atoms with Crippen LogP contribution in [0, 0.1) is 6.92 Å². The van der Waals surface area contributed by atoms with E-state index in [4.69, 9.17) is 9.15 Å². The van der Waals surface area contributed by atoms with Gasteiger partial charge in [-0.2, -0.15) is 0 Å². The zero-order valence-corrected chi connectivity index (χ0v) is 21.9. The predicted molar refractivity (Wildman–Crippen MR) is 148 cm³/mol. The van der Waals surface area contributed by atoms with E-state index in [-0.39, 0.29) is 23.1 Å². The van der Waals surface area contributed by atoms with E-state index in [2.05, 4.69) is 17.0 Å². The Morgan fingerprint density at radius 2 is 1.63 bits per heavy atom. The topological polar surface area (TPSA) is 63.0 Å². The molecule has 38 heavy (non-hydrogen) atoms. The molecule has 1 aromatic heterocycles. The number of hydrogen-bond donors (Lipinski definition) is 0. The SMILES string of the molecule is COc1ccc([C@@H](CN2C(=O)c3oc4ccccc4c(=O)c3[C@@H]2c2ccc(C)cc2)N2CCCCC2)cc1. The van der Waals surface area contributed by atoms with Gasteiger partial charge in [0.1, 0.15) is 11.3 Å². The smallest absolute Gasteiger partial charge is 0.290 e. The van der Waals surface area contributed by atoms with Gasteiger partial charge in [0.25, 0.3) is 5.91 Å². The fraction of sp³-hybridized carbons (Fsp3) is 0.312. The van der Waals surface area contributed by atoms with E-state index in [1.54, 1.807) is 19.2 Å². The summed E-state index contributed by atoms with van der Waals surface area (Å²) >= 11 is 0. The molecular weight excluding hydrogens is 476 g/mol. The van der Waals surface area contributed by atoms with Gasteiger partial charge in [-0.25, -0.2) is 0 Å². The zero-order chi connectivity index (χ0) is 26.2. The van der Waals surface area contributed by atoms with Crippen molar-refractivity contribution in [2.45, 2.75) is 38.3 Å². The van der Waals surface area contributed by atoms with Gasteiger partial charge in [-0.05, 0) is 68.2 Å². The summed E-state index contributed by atoms with van der Waals surface area (Å²) in [6.45, 7) is 4.43. The monoisotopic (exact) mass is 508 g/mol. The van der Waals surface area contributed by atoms with E-state index in [1.807, 2.05) is 60.4 Å². The molecule has 1 fully saturated rings. The molecule has 3 heterocycles. The number of amides is 1. The highest BCUT2D eigenvalue weighted by Crippen LogP contribution is 2.40. The molecule has 0 unspecified atom stereocenters. The van der Waals surface area contributed by atoms with Crippen molar-refractivity contribution in [2.24, 2.45) is 0 Å². The van der Waals surface area contributed by atoms with Crippen LogP contribution in [-0.2, 0) is 0 Å². The van der Waals surface area contributed by atoms with E-state index in [0.717, 1.165) is 48.4 Å². The maximum absolute atomic E-state index is 14.0. The normalized spacial score (nSPS) is 18.5. The largest absolute Gasteiger partial charge is 0.497 e. The summed E-state index contributed by atoms with van der Waals surface area (Å²) in [5.41, 5.74) is 3.91. The first kappa shape index (κ1) is 24.4. The average Bonchev–Trinajstić information content (AvgIpc) is 3.24. The lowest BCUT2D eigenvalue weighted by Gasteiger charge is -2.38. The fourth-order valence-electron chi connectivity index (χ4n) is 5.92. The molecule has 0 bridgehead atoms. The van der Waals surface area contributed by atoms with Crippen molar-refractivity contribution in [1.29, 1.82) is 0 Å². The second-order valence-corrected chi connectivity index (χ2v) is 10.3. The lowest BCUT2D eigenvalue weighted by Crippen LogP contribution is -2.42. The minimum atomic E-state index is -0.510. The zero-order valence-electron chi connectivity index (χ0n) is 21.9. The maximum Gasteiger partial charge on any atom is 0.290 e. The number of carbonyl (C=O) groups excluding carboxylic acids is 1. The van der Waals surface area contributed by atoms with Gasteiger partial charge in [-0.1, -0.05) is 60.5 Å². The van der Waals surface area contributed by atoms with Crippen LogP contribution in [0.25, 0.3) is 11.0 Å². The number of carbonyl (C=O) groups is 1. The summed E-state index contributed by atoms with van der Waals surface area (Å²) < 4.78 is 11.5. The third-order valence-electron chi connectivity index (χ3n) is 7.97. The molecule has 194 valence electrons. The molecule has 4 aromatic rings. The summed E-state index contributed by atoms with van der Waals surface area (Å²) in [6.07, 6.45) is 3.48. The minimum absolute atomic E-state index is 0.0167. The Labute approximate surface area is 222 Å². The molecule has 6 heteroatoms. The van der Waals surface area contributed by atoms with Crippen molar-refractivity contribution < 1.29 is 13.9 Å². The van der Waals surface area contributed by atoms with Crippen molar-refractivity contribution in [3.63, 3.8) is 0 Å². The van der Waals surface area contributed by atoms with Gasteiger partial charge in [0.05, 0.1) is 30.1 Å². The highest BCUT2D eigenvalue weighted by atomic mass is 16.5. The first-order chi connectivity index (χ1) is 18.5. The summed E-state index contributed by atoms with van der Waals surface area (Å²) in [5.74, 6) is 0.727.